The average Bonchev–Trinajstić information content (AvgIpc) is 3.53. The summed E-state index contributed by atoms with van der Waals surface area (Å²) < 4.78 is 44.6. The zero-order valence-electron chi connectivity index (χ0n) is 28.3. The highest BCUT2D eigenvalue weighted by Gasteiger charge is 2.18. The molecular weight excluding hydrogens is 624 g/mol. The van der Waals surface area contributed by atoms with Gasteiger partial charge in [-0.2, -0.15) is 0 Å². The average molecular weight is 671 g/mol. The van der Waals surface area contributed by atoms with E-state index in [1.807, 2.05) is 33.8 Å². The van der Waals surface area contributed by atoms with E-state index in [4.69, 9.17) is 18.9 Å². The van der Waals surface area contributed by atoms with Crippen LogP contribution in [0.2, 0.25) is 0 Å². The molecule has 2 aromatic carbocycles. The van der Waals surface area contributed by atoms with Crippen LogP contribution in [0.25, 0.3) is 11.0 Å². The molecule has 0 saturated carbocycles. The normalized spacial score (nSPS) is 12.1. The topological polar surface area (TPSA) is 140 Å². The van der Waals surface area contributed by atoms with Gasteiger partial charge in [0.25, 0.3) is 0 Å². The van der Waals surface area contributed by atoms with Crippen LogP contribution < -0.4 is 29.9 Å². The van der Waals surface area contributed by atoms with Crippen molar-refractivity contribution in [2.75, 3.05) is 24.5 Å². The molecule has 1 atom stereocenters. The molecular formula is C33H46N6O7S. The lowest BCUT2D eigenvalue weighted by Crippen LogP contribution is -2.32. The molecule has 14 heteroatoms. The summed E-state index contributed by atoms with van der Waals surface area (Å²) in [5, 5.41) is 3.13. The number of nitrogens with one attached hydrogen (secondary N) is 2. The van der Waals surface area contributed by atoms with Crippen molar-refractivity contribution in [3.05, 3.63) is 53.3 Å². The Morgan fingerprint density at radius 2 is 1.53 bits per heavy atom. The summed E-state index contributed by atoms with van der Waals surface area (Å²) in [5.41, 5.74) is 1.01. The van der Waals surface area contributed by atoms with Crippen molar-refractivity contribution in [2.24, 2.45) is 21.1 Å². The van der Waals surface area contributed by atoms with Crippen molar-refractivity contribution in [1.82, 2.24) is 24.0 Å². The molecule has 0 radical (unpaired) electrons. The van der Waals surface area contributed by atoms with Gasteiger partial charge in [0.1, 0.15) is 22.8 Å². The maximum absolute atomic E-state index is 13.2. The molecule has 4 aromatic rings. The van der Waals surface area contributed by atoms with Gasteiger partial charge in [0.2, 0.25) is 0 Å². The van der Waals surface area contributed by atoms with Gasteiger partial charge in [0, 0.05) is 58.2 Å². The highest BCUT2D eigenvalue weighted by Crippen LogP contribution is 2.37. The van der Waals surface area contributed by atoms with Crippen LogP contribution in [0.4, 0.5) is 10.5 Å². The first-order valence-corrected chi connectivity index (χ1v) is 16.9. The number of hydrogen-bond acceptors (Lipinski definition) is 8. The van der Waals surface area contributed by atoms with Gasteiger partial charge in [-0.3, -0.25) is 13.9 Å². The third kappa shape index (κ3) is 10.0. The second kappa shape index (κ2) is 15.9. The van der Waals surface area contributed by atoms with Gasteiger partial charge in [0.15, 0.2) is 21.8 Å². The quantitative estimate of drug-likeness (QED) is 0.143. The SMILES string of the molecule is CCCOc1cc(OCCCCCCNC(=O)OC(C)(C)C)cc(Oc2cc3c(cc2NS(=O)c2cn(C)cn2)n(C)c(=O)n3C)c1. The fourth-order valence-corrected chi connectivity index (χ4v) is 5.59. The molecule has 0 fully saturated rings. The molecule has 256 valence electrons. The lowest BCUT2D eigenvalue weighted by Gasteiger charge is -2.19. The van der Waals surface area contributed by atoms with Crippen LogP contribution in [0.1, 0.15) is 59.8 Å². The molecule has 47 heavy (non-hydrogen) atoms. The smallest absolute Gasteiger partial charge is 0.407 e. The van der Waals surface area contributed by atoms with E-state index < -0.39 is 22.7 Å². The molecule has 0 aliphatic heterocycles. The number of imidazole rings is 2. The summed E-state index contributed by atoms with van der Waals surface area (Å²) >= 11 is 0. The lowest BCUT2D eigenvalue weighted by molar-refractivity contribution is 0.0527. The van der Waals surface area contributed by atoms with Gasteiger partial charge in [-0.1, -0.05) is 19.8 Å². The molecule has 4 rings (SSSR count). The van der Waals surface area contributed by atoms with E-state index in [-0.39, 0.29) is 5.69 Å². The molecule has 2 aromatic heterocycles. The Kier molecular flexibility index (Phi) is 12.0. The van der Waals surface area contributed by atoms with Crippen LogP contribution in [0.3, 0.4) is 0 Å². The number of aryl methyl sites for hydroxylation is 3. The Labute approximate surface area is 277 Å². The van der Waals surface area contributed by atoms with Crippen molar-refractivity contribution in [2.45, 2.75) is 70.4 Å². The fourth-order valence-electron chi connectivity index (χ4n) is 4.72. The van der Waals surface area contributed by atoms with E-state index in [1.165, 1.54) is 9.13 Å². The number of benzene rings is 2. The van der Waals surface area contributed by atoms with Gasteiger partial charge >= 0.3 is 11.8 Å². The van der Waals surface area contributed by atoms with Crippen molar-refractivity contribution in [1.29, 1.82) is 0 Å². The molecule has 1 unspecified atom stereocenters. The molecule has 0 bridgehead atoms. The fraction of sp³-hybridized carbons (Fsp3) is 0.485. The van der Waals surface area contributed by atoms with Gasteiger partial charge in [-0.25, -0.2) is 18.8 Å². The van der Waals surface area contributed by atoms with Crippen LogP contribution in [0.5, 0.6) is 23.0 Å². The standard InChI is InChI=1S/C33H46N6O7S/c1-8-14-43-23-16-24(44-15-12-10-9-11-13-34-31(40)46-33(2,3)4)18-25(17-23)45-29-20-28-27(38(6)32(41)39(28)7)19-26(29)36-47(42)30-21-37(5)22-35-30/h16-22,36H,8-15H2,1-7H3,(H,34,40). The third-order valence-corrected chi connectivity index (χ3v) is 8.01. The first kappa shape index (κ1) is 35.4. The number of fused-ring (bicyclic) bond motifs is 1. The number of carbonyl (C=O) groups excluding carboxylic acids is 1. The minimum atomic E-state index is -1.69. The van der Waals surface area contributed by atoms with Gasteiger partial charge in [0.05, 0.1) is 36.3 Å². The monoisotopic (exact) mass is 670 g/mol. The summed E-state index contributed by atoms with van der Waals surface area (Å²) in [6, 6.07) is 8.86. The molecule has 0 aliphatic rings. The van der Waals surface area contributed by atoms with Crippen molar-refractivity contribution >= 4 is 33.8 Å². The van der Waals surface area contributed by atoms with E-state index in [1.54, 1.807) is 62.5 Å². The predicted octanol–water partition coefficient (Wildman–Crippen LogP) is 5.79. The first-order valence-electron chi connectivity index (χ1n) is 15.8. The molecule has 2 heterocycles. The zero-order valence-corrected chi connectivity index (χ0v) is 29.1. The number of unbranched alkanes of at least 4 members (excludes halogenated alkanes) is 3. The van der Waals surface area contributed by atoms with Crippen LogP contribution in [-0.4, -0.2) is 54.3 Å². The van der Waals surface area contributed by atoms with Crippen LogP contribution in [0.15, 0.2) is 52.7 Å². The number of hydrogen-bond donors (Lipinski definition) is 2. The lowest BCUT2D eigenvalue weighted by atomic mass is 10.2. The molecule has 0 saturated heterocycles. The molecule has 2 N–H and O–H groups in total. The Bertz CT molecular complexity index is 1750. The Morgan fingerprint density at radius 1 is 0.894 bits per heavy atom. The predicted molar refractivity (Wildman–Crippen MR) is 182 cm³/mol. The van der Waals surface area contributed by atoms with E-state index >= 15 is 0 Å². The van der Waals surface area contributed by atoms with E-state index in [0.717, 1.165) is 32.1 Å². The first-order chi connectivity index (χ1) is 22.3. The van der Waals surface area contributed by atoms with Gasteiger partial charge in [-0.15, -0.1) is 0 Å². The molecule has 1 amide bonds. The van der Waals surface area contributed by atoms with Gasteiger partial charge in [-0.05, 0) is 46.1 Å². The largest absolute Gasteiger partial charge is 0.493 e. The summed E-state index contributed by atoms with van der Waals surface area (Å²) in [6.07, 6.45) is 7.21. The second-order valence-corrected chi connectivity index (χ2v) is 13.4. The maximum atomic E-state index is 13.2. The van der Waals surface area contributed by atoms with Crippen molar-refractivity contribution in [3.63, 3.8) is 0 Å². The number of carbonyl (C=O) groups is 1. The summed E-state index contributed by atoms with van der Waals surface area (Å²) in [4.78, 5) is 28.7. The van der Waals surface area contributed by atoms with E-state index in [0.29, 0.717) is 64.5 Å². The van der Waals surface area contributed by atoms with E-state index in [9.17, 15) is 13.8 Å². The minimum absolute atomic E-state index is 0.195. The highest BCUT2D eigenvalue weighted by atomic mass is 32.2. The highest BCUT2D eigenvalue weighted by molar-refractivity contribution is 7.86. The number of nitrogens with zero attached hydrogens (tertiary/aromatic N) is 4. The summed E-state index contributed by atoms with van der Waals surface area (Å²) in [6.45, 7) is 9.11. The van der Waals surface area contributed by atoms with Crippen molar-refractivity contribution < 1.29 is 28.0 Å². The number of ether oxygens (including phenoxy) is 4. The molecule has 0 aliphatic carbocycles. The third-order valence-electron chi connectivity index (χ3n) is 7.01. The van der Waals surface area contributed by atoms with E-state index in [2.05, 4.69) is 15.0 Å². The number of amides is 1. The summed E-state index contributed by atoms with van der Waals surface area (Å²) in [7, 11) is 3.48. The maximum Gasteiger partial charge on any atom is 0.407 e. The number of alkyl carbamates (subject to hydrolysis) is 1. The second-order valence-electron chi connectivity index (χ2n) is 12.3. The molecule has 0 spiro atoms. The minimum Gasteiger partial charge on any atom is -0.493 e. The summed E-state index contributed by atoms with van der Waals surface area (Å²) in [5.74, 6) is 1.99. The van der Waals surface area contributed by atoms with Gasteiger partial charge < -0.3 is 28.8 Å². The van der Waals surface area contributed by atoms with Crippen LogP contribution >= 0.6 is 0 Å². The van der Waals surface area contributed by atoms with Crippen LogP contribution in [-0.2, 0) is 36.9 Å². The Morgan fingerprint density at radius 3 is 2.17 bits per heavy atom. The number of aromatic nitrogens is 4. The zero-order chi connectivity index (χ0) is 34.1. The number of anilines is 1. The Balaban J connectivity index is 1.46. The van der Waals surface area contributed by atoms with Crippen LogP contribution in [0, 0.1) is 0 Å². The van der Waals surface area contributed by atoms with Crippen molar-refractivity contribution in [3.8, 4) is 23.0 Å². The number of rotatable bonds is 16. The Hall–Kier alpha value is -4.46. The molecule has 13 nitrogen and oxygen atoms in total.